The van der Waals surface area contributed by atoms with E-state index >= 15 is 0 Å². The molecule has 3 aromatic heterocycles. The number of benzene rings is 3. The van der Waals surface area contributed by atoms with Gasteiger partial charge in [-0.15, -0.1) is 16.4 Å². The number of imidazole rings is 1. The summed E-state index contributed by atoms with van der Waals surface area (Å²) in [5, 5.41) is 19.4. The van der Waals surface area contributed by atoms with Crippen LogP contribution in [-0.4, -0.2) is 192 Å². The molecule has 1 aliphatic rings. The number of nitrogens with one attached hydrogen (secondary N) is 3. The van der Waals surface area contributed by atoms with E-state index in [9.17, 15) is 32.3 Å². The molecule has 466 valence electrons. The molecule has 4 heterocycles. The van der Waals surface area contributed by atoms with Crippen LogP contribution in [0.1, 0.15) is 59.9 Å². The molecule has 1 atom stereocenters. The summed E-state index contributed by atoms with van der Waals surface area (Å²) >= 11 is 7.27. The fraction of sp³-hybridized carbons (Fsp3) is 0.492. The summed E-state index contributed by atoms with van der Waals surface area (Å²) in [5.74, 6) is 0.103. The molecule has 0 radical (unpaired) electrons. The van der Waals surface area contributed by atoms with Crippen LogP contribution in [0.15, 0.2) is 96.9 Å². The number of aromatic nitrogens is 6. The number of hydrogen-bond donors (Lipinski definition) is 3. The van der Waals surface area contributed by atoms with E-state index in [2.05, 4.69) is 46.0 Å². The van der Waals surface area contributed by atoms with E-state index in [1.807, 2.05) is 37.3 Å². The van der Waals surface area contributed by atoms with Crippen molar-refractivity contribution in [3.8, 4) is 11.5 Å². The van der Waals surface area contributed by atoms with E-state index in [-0.39, 0.29) is 37.4 Å². The van der Waals surface area contributed by atoms with E-state index in [0.29, 0.717) is 112 Å². The Morgan fingerprint density at radius 2 is 1.44 bits per heavy atom. The monoisotopic (exact) mass is 1240 g/mol. The van der Waals surface area contributed by atoms with Gasteiger partial charge in [0.1, 0.15) is 18.1 Å². The Hall–Kier alpha value is -7.20. The van der Waals surface area contributed by atoms with Crippen LogP contribution in [0.3, 0.4) is 0 Å². The fourth-order valence-electron chi connectivity index (χ4n) is 8.95. The Kier molecular flexibility index (Phi) is 26.9. The summed E-state index contributed by atoms with van der Waals surface area (Å²) in [6.45, 7) is 8.32. The highest BCUT2D eigenvalue weighted by Crippen LogP contribution is 2.28. The van der Waals surface area contributed by atoms with Crippen molar-refractivity contribution in [3.63, 3.8) is 0 Å². The Morgan fingerprint density at radius 1 is 0.756 bits per heavy atom. The SMILES string of the molecule is CN(CCCCOc1ccc(CCC(=O)N(CCC(F)(F)F)C(C(=O)NCc2ccc(Cl)cc2)c2cncn2C)cc1)CCOCCOCCc1cn(CCOCCOc2ccc(NC(=O)Nc3nc(CC(=O)N4CCN(C)CC4)cs3)cc2)nn1. The molecule has 0 spiro atoms. The Labute approximate surface area is 508 Å². The molecule has 1 fully saturated rings. The number of likely N-dealkylation sites (N-methyl/N-ethyl adjacent to an activating group) is 2. The standard InChI is InChI=1S/C59H77ClF3N13O9S/c1-71(22-4-5-30-84-50-15-8-44(9-16-50)10-19-53(77)76(23-21-59(61,62)63)55(52-40-64-43-73(52)3)56(79)65-39-45-6-11-46(60)12-7-45)28-32-82-35-34-81-31-20-48-41-75(70-69-48)29-33-83-36-37-85-51-17-13-47(14-18-51)66-57(80)68-58-67-49(42-86-58)38-54(78)74-26-24-72(2)25-27-74/h6-9,11-18,40-43,55H,4-5,10,19-39H2,1-3H3,(H,65,79)(H2,66,67,68,80). The molecule has 3 N–H and O–H groups in total. The lowest BCUT2D eigenvalue weighted by Crippen LogP contribution is -2.47. The number of alkyl halides is 3. The summed E-state index contributed by atoms with van der Waals surface area (Å²) in [7, 11) is 5.70. The van der Waals surface area contributed by atoms with Gasteiger partial charge in [-0.1, -0.05) is 41.1 Å². The molecule has 22 nitrogen and oxygen atoms in total. The molecule has 0 aliphatic carbocycles. The normalized spacial score (nSPS) is 13.2. The zero-order valence-corrected chi connectivity index (χ0v) is 50.4. The average Bonchev–Trinajstić information content (AvgIpc) is 4.39. The van der Waals surface area contributed by atoms with Crippen LogP contribution in [-0.2, 0) is 68.0 Å². The topological polar surface area (TPSA) is 225 Å². The van der Waals surface area contributed by atoms with Crippen LogP contribution in [0.5, 0.6) is 11.5 Å². The van der Waals surface area contributed by atoms with Gasteiger partial charge in [0, 0.05) is 88.0 Å². The Balaban J connectivity index is 0.671. The van der Waals surface area contributed by atoms with E-state index in [1.165, 1.54) is 28.4 Å². The minimum Gasteiger partial charge on any atom is -0.494 e. The lowest BCUT2D eigenvalue weighted by atomic mass is 10.1. The minimum absolute atomic E-state index is 0.0379. The highest BCUT2D eigenvalue weighted by Gasteiger charge is 2.37. The van der Waals surface area contributed by atoms with Gasteiger partial charge in [-0.3, -0.25) is 19.7 Å². The molecule has 27 heteroatoms. The third kappa shape index (κ3) is 23.6. The molecular formula is C59H77ClF3N13O9S. The molecule has 3 aromatic carbocycles. The van der Waals surface area contributed by atoms with E-state index < -0.39 is 43.0 Å². The number of ether oxygens (including phenoxy) is 5. The molecule has 86 heavy (non-hydrogen) atoms. The van der Waals surface area contributed by atoms with Gasteiger partial charge in [0.25, 0.3) is 0 Å². The highest BCUT2D eigenvalue weighted by molar-refractivity contribution is 7.14. The molecule has 7 rings (SSSR count). The van der Waals surface area contributed by atoms with Gasteiger partial charge >= 0.3 is 12.2 Å². The van der Waals surface area contributed by atoms with Crippen molar-refractivity contribution in [1.29, 1.82) is 0 Å². The van der Waals surface area contributed by atoms with Gasteiger partial charge < -0.3 is 58.5 Å². The van der Waals surface area contributed by atoms with Crippen LogP contribution in [0.2, 0.25) is 5.02 Å². The van der Waals surface area contributed by atoms with E-state index in [1.54, 1.807) is 77.8 Å². The molecular weight excluding hydrogens is 1160 g/mol. The smallest absolute Gasteiger partial charge is 0.390 e. The van der Waals surface area contributed by atoms with Crippen molar-refractivity contribution < 1.29 is 56.0 Å². The first kappa shape index (κ1) is 66.3. The first-order valence-electron chi connectivity index (χ1n) is 28.6. The lowest BCUT2D eigenvalue weighted by molar-refractivity contribution is -0.152. The fourth-order valence-corrected chi connectivity index (χ4v) is 9.79. The molecule has 5 amide bonds. The van der Waals surface area contributed by atoms with Crippen molar-refractivity contribution in [2.75, 3.05) is 123 Å². The third-order valence-corrected chi connectivity index (χ3v) is 15.0. The van der Waals surface area contributed by atoms with Crippen LogP contribution >= 0.6 is 22.9 Å². The van der Waals surface area contributed by atoms with Gasteiger partial charge in [-0.25, -0.2) is 19.4 Å². The number of urea groups is 1. The first-order valence-corrected chi connectivity index (χ1v) is 29.9. The van der Waals surface area contributed by atoms with Crippen molar-refractivity contribution in [2.45, 2.75) is 70.3 Å². The maximum atomic E-state index is 13.8. The third-order valence-electron chi connectivity index (χ3n) is 13.9. The predicted molar refractivity (Wildman–Crippen MR) is 319 cm³/mol. The summed E-state index contributed by atoms with van der Waals surface area (Å²) in [6.07, 6.45) is 1.54. The molecule has 1 saturated heterocycles. The lowest BCUT2D eigenvalue weighted by Gasteiger charge is -2.32. The van der Waals surface area contributed by atoms with Gasteiger partial charge in [-0.2, -0.15) is 13.2 Å². The zero-order valence-electron chi connectivity index (χ0n) is 48.9. The quantitative estimate of drug-likeness (QED) is 0.0328. The summed E-state index contributed by atoms with van der Waals surface area (Å²) < 4.78 is 73.0. The number of aryl methyl sites for hydroxylation is 2. The van der Waals surface area contributed by atoms with Crippen molar-refractivity contribution >= 4 is 57.5 Å². The summed E-state index contributed by atoms with van der Waals surface area (Å²) in [4.78, 5) is 68.4. The molecule has 0 bridgehead atoms. The Bertz CT molecular complexity index is 3000. The number of hydrogen-bond acceptors (Lipinski definition) is 16. The number of piperazine rings is 1. The minimum atomic E-state index is -4.55. The Morgan fingerprint density at radius 3 is 2.16 bits per heavy atom. The van der Waals surface area contributed by atoms with E-state index in [0.717, 1.165) is 60.7 Å². The maximum Gasteiger partial charge on any atom is 0.390 e. The number of amides is 5. The van der Waals surface area contributed by atoms with Gasteiger partial charge in [0.2, 0.25) is 17.7 Å². The van der Waals surface area contributed by atoms with Crippen LogP contribution in [0.4, 0.5) is 28.8 Å². The number of rotatable bonds is 36. The second kappa shape index (κ2) is 34.8. The van der Waals surface area contributed by atoms with Gasteiger partial charge in [0.15, 0.2) is 11.2 Å². The van der Waals surface area contributed by atoms with E-state index in [4.69, 9.17) is 35.3 Å². The number of unbranched alkanes of at least 4 members (excludes halogenated alkanes) is 1. The second-order valence-corrected chi connectivity index (χ2v) is 21.9. The average molecular weight is 1240 g/mol. The van der Waals surface area contributed by atoms with Crippen molar-refractivity contribution in [1.82, 2.24) is 54.4 Å². The zero-order chi connectivity index (χ0) is 61.1. The first-order chi connectivity index (χ1) is 41.5. The maximum absolute atomic E-state index is 13.8. The molecule has 0 saturated carbocycles. The van der Waals surface area contributed by atoms with Crippen LogP contribution in [0, 0.1) is 0 Å². The number of thiazole rings is 1. The summed E-state index contributed by atoms with van der Waals surface area (Å²) in [5.41, 5.74) is 3.83. The second-order valence-electron chi connectivity index (χ2n) is 20.6. The van der Waals surface area contributed by atoms with Gasteiger partial charge in [-0.05, 0) is 99.6 Å². The molecule has 6 aromatic rings. The molecule has 1 unspecified atom stereocenters. The van der Waals surface area contributed by atoms with Crippen LogP contribution < -0.4 is 25.4 Å². The summed E-state index contributed by atoms with van der Waals surface area (Å²) in [6, 6.07) is 19.3. The van der Waals surface area contributed by atoms with Crippen LogP contribution in [0.25, 0.3) is 0 Å². The predicted octanol–water partition coefficient (Wildman–Crippen LogP) is 7.32. The highest BCUT2D eigenvalue weighted by atomic mass is 35.5. The number of carbonyl (C=O) groups excluding carboxylic acids is 4. The van der Waals surface area contributed by atoms with Gasteiger partial charge in [0.05, 0.1) is 95.2 Å². The number of anilines is 2. The van der Waals surface area contributed by atoms with Crippen molar-refractivity contribution in [2.24, 2.45) is 7.05 Å². The number of halogens is 4. The van der Waals surface area contributed by atoms with Crippen molar-refractivity contribution in [3.05, 3.63) is 130 Å². The largest absolute Gasteiger partial charge is 0.494 e. The number of nitrogens with zero attached hydrogens (tertiary/aromatic N) is 10. The number of carbonyl (C=O) groups is 4. The molecule has 1 aliphatic heterocycles.